The minimum Gasteiger partial charge on any atom is -0.352 e. The number of piperidine rings is 1. The third-order valence-electron chi connectivity index (χ3n) is 5.90. The molecule has 0 bridgehead atoms. The first-order chi connectivity index (χ1) is 14.0. The van der Waals surface area contributed by atoms with Crippen molar-refractivity contribution in [1.82, 2.24) is 20.4 Å². The molecule has 3 rings (SSSR count). The molecule has 30 heavy (non-hydrogen) atoms. The molecule has 6 nitrogen and oxygen atoms in total. The summed E-state index contributed by atoms with van der Waals surface area (Å²) < 4.78 is 0. The van der Waals surface area contributed by atoms with Gasteiger partial charge in [0.2, 0.25) is 5.91 Å². The van der Waals surface area contributed by atoms with Gasteiger partial charge in [0.15, 0.2) is 5.96 Å². The maximum absolute atomic E-state index is 12.2. The Bertz CT molecular complexity index is 685. The highest BCUT2D eigenvalue weighted by molar-refractivity contribution is 14.0. The molecule has 2 heterocycles. The molecular weight excluding hydrogens is 489 g/mol. The number of guanidine groups is 1. The van der Waals surface area contributed by atoms with Crippen LogP contribution in [0.15, 0.2) is 29.3 Å². The molecule has 2 aliphatic heterocycles. The number of nitrogens with zero attached hydrogens (tertiary/aromatic N) is 3. The highest BCUT2D eigenvalue weighted by Gasteiger charge is 2.27. The zero-order chi connectivity index (χ0) is 20.6. The molecule has 1 amide bonds. The standard InChI is InChI=1S/C23H37N5O.HI/c1-18(2)22(29)28-14-11-21(17-28)26-23(24-3)25-15-19-7-9-20(10-8-19)16-27-12-5-4-6-13-27;/h7-10,18,21H,4-6,11-17H2,1-3H3,(H2,24,25,26);1H. The first kappa shape index (κ1) is 24.9. The monoisotopic (exact) mass is 527 g/mol. The van der Waals surface area contributed by atoms with Gasteiger partial charge in [-0.25, -0.2) is 0 Å². The molecule has 0 aliphatic carbocycles. The predicted octanol–water partition coefficient (Wildman–Crippen LogP) is 3.21. The topological polar surface area (TPSA) is 60.0 Å². The Morgan fingerprint density at radius 2 is 1.77 bits per heavy atom. The van der Waals surface area contributed by atoms with Gasteiger partial charge >= 0.3 is 0 Å². The van der Waals surface area contributed by atoms with Crippen molar-refractivity contribution in [3.8, 4) is 0 Å². The van der Waals surface area contributed by atoms with E-state index in [0.717, 1.165) is 38.6 Å². The molecule has 1 unspecified atom stereocenters. The van der Waals surface area contributed by atoms with Crippen LogP contribution in [0.1, 0.15) is 50.7 Å². The van der Waals surface area contributed by atoms with Crippen LogP contribution in [0, 0.1) is 5.92 Å². The average Bonchev–Trinajstić information content (AvgIpc) is 3.20. The van der Waals surface area contributed by atoms with Crippen LogP contribution in [0.25, 0.3) is 0 Å². The number of nitrogens with one attached hydrogen (secondary N) is 2. The van der Waals surface area contributed by atoms with Gasteiger partial charge in [-0.1, -0.05) is 44.5 Å². The molecule has 168 valence electrons. The van der Waals surface area contributed by atoms with Gasteiger partial charge in [0.25, 0.3) is 0 Å². The summed E-state index contributed by atoms with van der Waals surface area (Å²) in [4.78, 5) is 21.0. The van der Waals surface area contributed by atoms with E-state index in [1.165, 1.54) is 43.5 Å². The van der Waals surface area contributed by atoms with Crippen LogP contribution in [0.3, 0.4) is 0 Å². The molecular formula is C23H38IN5O. The first-order valence-electron chi connectivity index (χ1n) is 11.1. The SMILES string of the molecule is CN=C(NCc1ccc(CN2CCCCC2)cc1)NC1CCN(C(=O)C(C)C)C1.I. The summed E-state index contributed by atoms with van der Waals surface area (Å²) in [5.74, 6) is 1.09. The lowest BCUT2D eigenvalue weighted by Gasteiger charge is -2.26. The van der Waals surface area contributed by atoms with E-state index < -0.39 is 0 Å². The molecule has 2 saturated heterocycles. The van der Waals surface area contributed by atoms with Gasteiger partial charge in [0, 0.05) is 45.2 Å². The highest BCUT2D eigenvalue weighted by atomic mass is 127. The second-order valence-electron chi connectivity index (χ2n) is 8.65. The van der Waals surface area contributed by atoms with E-state index in [9.17, 15) is 4.79 Å². The number of rotatable bonds is 6. The zero-order valence-electron chi connectivity index (χ0n) is 18.7. The van der Waals surface area contributed by atoms with E-state index in [1.807, 2.05) is 18.7 Å². The van der Waals surface area contributed by atoms with Gasteiger partial charge in [-0.3, -0.25) is 14.7 Å². The van der Waals surface area contributed by atoms with Gasteiger partial charge in [-0.15, -0.1) is 24.0 Å². The summed E-state index contributed by atoms with van der Waals surface area (Å²) in [6.07, 6.45) is 5.00. The lowest BCUT2D eigenvalue weighted by atomic mass is 10.1. The van der Waals surface area contributed by atoms with Crippen LogP contribution in [0.4, 0.5) is 0 Å². The molecule has 2 N–H and O–H groups in total. The summed E-state index contributed by atoms with van der Waals surface area (Å²) in [7, 11) is 1.79. The van der Waals surface area contributed by atoms with Crippen molar-refractivity contribution in [1.29, 1.82) is 0 Å². The van der Waals surface area contributed by atoms with Gasteiger partial charge < -0.3 is 15.5 Å². The van der Waals surface area contributed by atoms with Crippen molar-refractivity contribution < 1.29 is 4.79 Å². The Morgan fingerprint density at radius 1 is 1.10 bits per heavy atom. The minimum atomic E-state index is 0. The average molecular weight is 527 g/mol. The number of aliphatic imine (C=N–C) groups is 1. The Kier molecular flexibility index (Phi) is 10.4. The van der Waals surface area contributed by atoms with Crippen molar-refractivity contribution >= 4 is 35.8 Å². The third-order valence-corrected chi connectivity index (χ3v) is 5.90. The number of hydrogen-bond donors (Lipinski definition) is 2. The van der Waals surface area contributed by atoms with Gasteiger partial charge in [-0.05, 0) is 43.5 Å². The quantitative estimate of drug-likeness (QED) is 0.339. The summed E-state index contributed by atoms with van der Waals surface area (Å²) in [6, 6.07) is 9.16. The number of amides is 1. The molecule has 0 aromatic heterocycles. The van der Waals surface area contributed by atoms with E-state index in [1.54, 1.807) is 7.05 Å². The largest absolute Gasteiger partial charge is 0.352 e. The number of halogens is 1. The van der Waals surface area contributed by atoms with Crippen LogP contribution in [0.5, 0.6) is 0 Å². The molecule has 2 aliphatic rings. The fourth-order valence-corrected chi connectivity index (χ4v) is 4.16. The van der Waals surface area contributed by atoms with Crippen molar-refractivity contribution in [2.45, 2.75) is 58.7 Å². The fourth-order valence-electron chi connectivity index (χ4n) is 4.16. The fraction of sp³-hybridized carbons (Fsp3) is 0.652. The van der Waals surface area contributed by atoms with E-state index in [0.29, 0.717) is 0 Å². The summed E-state index contributed by atoms with van der Waals surface area (Å²) in [5, 5.41) is 6.87. The molecule has 1 atom stereocenters. The van der Waals surface area contributed by atoms with Crippen LogP contribution >= 0.6 is 24.0 Å². The Hall–Kier alpha value is -1.35. The third kappa shape index (κ3) is 7.41. The Labute approximate surface area is 198 Å². The Morgan fingerprint density at radius 3 is 2.40 bits per heavy atom. The van der Waals surface area contributed by atoms with E-state index in [2.05, 4.69) is 44.8 Å². The van der Waals surface area contributed by atoms with Gasteiger partial charge in [0.1, 0.15) is 0 Å². The zero-order valence-corrected chi connectivity index (χ0v) is 21.0. The number of likely N-dealkylation sites (tertiary alicyclic amines) is 2. The number of hydrogen-bond acceptors (Lipinski definition) is 3. The van der Waals surface area contributed by atoms with E-state index in [-0.39, 0.29) is 41.8 Å². The summed E-state index contributed by atoms with van der Waals surface area (Å²) >= 11 is 0. The number of carbonyl (C=O) groups is 1. The molecule has 7 heteroatoms. The first-order valence-corrected chi connectivity index (χ1v) is 11.1. The minimum absolute atomic E-state index is 0. The molecule has 0 saturated carbocycles. The maximum Gasteiger partial charge on any atom is 0.225 e. The van der Waals surface area contributed by atoms with Crippen LogP contribution in [-0.2, 0) is 17.9 Å². The molecule has 0 spiro atoms. The maximum atomic E-state index is 12.2. The highest BCUT2D eigenvalue weighted by Crippen LogP contribution is 2.14. The number of benzene rings is 1. The normalized spacial score (nSPS) is 20.2. The van der Waals surface area contributed by atoms with Crippen LogP contribution < -0.4 is 10.6 Å². The lowest BCUT2D eigenvalue weighted by molar-refractivity contribution is -0.133. The predicted molar refractivity (Wildman–Crippen MR) is 134 cm³/mol. The second kappa shape index (κ2) is 12.5. The van der Waals surface area contributed by atoms with E-state index in [4.69, 9.17) is 0 Å². The lowest BCUT2D eigenvalue weighted by Crippen LogP contribution is -2.45. The second-order valence-corrected chi connectivity index (χ2v) is 8.65. The van der Waals surface area contributed by atoms with Gasteiger partial charge in [0.05, 0.1) is 0 Å². The van der Waals surface area contributed by atoms with Gasteiger partial charge in [-0.2, -0.15) is 0 Å². The smallest absolute Gasteiger partial charge is 0.225 e. The molecule has 1 aromatic rings. The summed E-state index contributed by atoms with van der Waals surface area (Å²) in [6.45, 7) is 9.75. The Balaban J connectivity index is 0.00000320. The van der Waals surface area contributed by atoms with Crippen molar-refractivity contribution in [3.05, 3.63) is 35.4 Å². The molecule has 1 aromatic carbocycles. The van der Waals surface area contributed by atoms with E-state index >= 15 is 0 Å². The van der Waals surface area contributed by atoms with Crippen LogP contribution in [-0.4, -0.2) is 60.9 Å². The number of carbonyl (C=O) groups excluding carboxylic acids is 1. The van der Waals surface area contributed by atoms with Crippen molar-refractivity contribution in [2.75, 3.05) is 33.2 Å². The van der Waals surface area contributed by atoms with Crippen molar-refractivity contribution in [2.24, 2.45) is 10.9 Å². The molecule has 2 fully saturated rings. The van der Waals surface area contributed by atoms with Crippen LogP contribution in [0.2, 0.25) is 0 Å². The van der Waals surface area contributed by atoms with Crippen molar-refractivity contribution in [3.63, 3.8) is 0 Å². The summed E-state index contributed by atoms with van der Waals surface area (Å²) in [5.41, 5.74) is 2.64. The molecule has 0 radical (unpaired) electrons.